The van der Waals surface area contributed by atoms with Crippen LogP contribution in [0.25, 0.3) is 6.08 Å². The van der Waals surface area contributed by atoms with Crippen molar-refractivity contribution in [2.24, 2.45) is 0 Å². The molecule has 1 N–H and O–H groups in total. The minimum atomic E-state index is -0.503. The van der Waals surface area contributed by atoms with E-state index in [2.05, 4.69) is 5.32 Å². The zero-order valence-corrected chi connectivity index (χ0v) is 11.6. The van der Waals surface area contributed by atoms with Crippen LogP contribution >= 0.6 is 0 Å². The predicted octanol–water partition coefficient (Wildman–Crippen LogP) is 1.68. The van der Waals surface area contributed by atoms with Gasteiger partial charge in [0.25, 0.3) is 5.69 Å². The fraction of sp³-hybridized carbons (Fsp3) is 0.286. The number of esters is 1. The highest BCUT2D eigenvalue weighted by Gasteiger charge is 2.05. The van der Waals surface area contributed by atoms with E-state index in [-0.39, 0.29) is 30.5 Å². The molecule has 0 aliphatic carbocycles. The van der Waals surface area contributed by atoms with Gasteiger partial charge in [-0.2, -0.15) is 0 Å². The fourth-order valence-electron chi connectivity index (χ4n) is 1.49. The minimum Gasteiger partial charge on any atom is -0.466 e. The van der Waals surface area contributed by atoms with Crippen molar-refractivity contribution >= 4 is 23.6 Å². The molecule has 112 valence electrons. The number of nitro groups is 1. The molecule has 0 saturated carbocycles. The van der Waals surface area contributed by atoms with E-state index >= 15 is 0 Å². The van der Waals surface area contributed by atoms with E-state index in [1.54, 1.807) is 13.0 Å². The van der Waals surface area contributed by atoms with Crippen molar-refractivity contribution in [2.45, 2.75) is 13.3 Å². The molecule has 0 heterocycles. The number of hydrogen-bond acceptors (Lipinski definition) is 5. The van der Waals surface area contributed by atoms with E-state index in [1.165, 1.54) is 30.4 Å². The molecule has 7 nitrogen and oxygen atoms in total. The molecular formula is C14H16N2O5. The molecule has 1 aromatic rings. The van der Waals surface area contributed by atoms with Crippen LogP contribution in [0.5, 0.6) is 0 Å². The molecule has 1 aromatic carbocycles. The Kier molecular flexibility index (Phi) is 6.59. The number of rotatable bonds is 7. The second-order valence-electron chi connectivity index (χ2n) is 4.03. The van der Waals surface area contributed by atoms with Crippen molar-refractivity contribution < 1.29 is 19.2 Å². The maximum Gasteiger partial charge on any atom is 0.307 e. The number of hydrogen-bond donors (Lipinski definition) is 1. The molecular weight excluding hydrogens is 276 g/mol. The number of carbonyl (C=O) groups is 2. The standard InChI is InChI=1S/C14H16N2O5/c1-2-21-14(18)8-9-15-13(17)7-6-11-4-3-5-12(10-11)16(19)20/h3-7,10H,2,8-9H2,1H3,(H,15,17). The molecule has 1 amide bonds. The van der Waals surface area contributed by atoms with E-state index in [9.17, 15) is 19.7 Å². The van der Waals surface area contributed by atoms with Crippen LogP contribution in [0.2, 0.25) is 0 Å². The van der Waals surface area contributed by atoms with Gasteiger partial charge in [0.1, 0.15) is 0 Å². The second-order valence-corrected chi connectivity index (χ2v) is 4.03. The molecule has 21 heavy (non-hydrogen) atoms. The molecule has 7 heteroatoms. The third-order valence-corrected chi connectivity index (χ3v) is 2.44. The summed E-state index contributed by atoms with van der Waals surface area (Å²) in [5, 5.41) is 13.1. The van der Waals surface area contributed by atoms with Gasteiger partial charge in [-0.15, -0.1) is 0 Å². The fourth-order valence-corrected chi connectivity index (χ4v) is 1.49. The van der Waals surface area contributed by atoms with E-state index in [4.69, 9.17) is 4.74 Å². The van der Waals surface area contributed by atoms with Crippen LogP contribution in [0.3, 0.4) is 0 Å². The summed E-state index contributed by atoms with van der Waals surface area (Å²) in [5.74, 6) is -0.758. The Morgan fingerprint density at radius 2 is 2.19 bits per heavy atom. The van der Waals surface area contributed by atoms with Gasteiger partial charge in [-0.1, -0.05) is 12.1 Å². The van der Waals surface area contributed by atoms with Crippen LogP contribution in [0.4, 0.5) is 5.69 Å². The lowest BCUT2D eigenvalue weighted by molar-refractivity contribution is -0.384. The molecule has 0 unspecified atom stereocenters. The first-order valence-electron chi connectivity index (χ1n) is 6.39. The summed E-state index contributed by atoms with van der Waals surface area (Å²) in [5.41, 5.74) is 0.504. The monoisotopic (exact) mass is 292 g/mol. The van der Waals surface area contributed by atoms with Crippen molar-refractivity contribution in [3.8, 4) is 0 Å². The first kappa shape index (κ1) is 16.4. The number of nitrogens with one attached hydrogen (secondary N) is 1. The average Bonchev–Trinajstić information content (AvgIpc) is 2.45. The Bertz CT molecular complexity index is 554. The zero-order valence-electron chi connectivity index (χ0n) is 11.6. The maximum absolute atomic E-state index is 11.5. The van der Waals surface area contributed by atoms with Gasteiger partial charge in [0.05, 0.1) is 18.0 Å². The average molecular weight is 292 g/mol. The Morgan fingerprint density at radius 1 is 1.43 bits per heavy atom. The minimum absolute atomic E-state index is 0.0418. The summed E-state index contributed by atoms with van der Waals surface area (Å²) in [6, 6.07) is 5.92. The maximum atomic E-state index is 11.5. The zero-order chi connectivity index (χ0) is 15.7. The highest BCUT2D eigenvalue weighted by Crippen LogP contribution is 2.13. The normalized spacial score (nSPS) is 10.3. The van der Waals surface area contributed by atoms with Crippen LogP contribution in [-0.4, -0.2) is 30.0 Å². The molecule has 0 atom stereocenters. The molecule has 0 bridgehead atoms. The van der Waals surface area contributed by atoms with Gasteiger partial charge < -0.3 is 10.1 Å². The quantitative estimate of drug-likeness (QED) is 0.357. The predicted molar refractivity (Wildman–Crippen MR) is 76.4 cm³/mol. The molecule has 0 aromatic heterocycles. The number of nitro benzene ring substituents is 1. The van der Waals surface area contributed by atoms with Crippen molar-refractivity contribution in [3.63, 3.8) is 0 Å². The topological polar surface area (TPSA) is 98.5 Å². The molecule has 0 aliphatic heterocycles. The molecule has 0 fully saturated rings. The molecule has 0 saturated heterocycles. The van der Waals surface area contributed by atoms with Gasteiger partial charge in [-0.3, -0.25) is 19.7 Å². The Hall–Kier alpha value is -2.70. The molecule has 0 aliphatic rings. The number of ether oxygens (including phenoxy) is 1. The van der Waals surface area contributed by atoms with Gasteiger partial charge >= 0.3 is 5.97 Å². The number of benzene rings is 1. The second kappa shape index (κ2) is 8.47. The Balaban J connectivity index is 2.45. The van der Waals surface area contributed by atoms with Crippen molar-refractivity contribution in [3.05, 3.63) is 46.0 Å². The van der Waals surface area contributed by atoms with E-state index in [0.717, 1.165) is 0 Å². The highest BCUT2D eigenvalue weighted by molar-refractivity contribution is 5.91. The lowest BCUT2D eigenvalue weighted by Crippen LogP contribution is -2.24. The third-order valence-electron chi connectivity index (χ3n) is 2.44. The van der Waals surface area contributed by atoms with E-state index < -0.39 is 4.92 Å². The van der Waals surface area contributed by atoms with Crippen molar-refractivity contribution in [1.29, 1.82) is 0 Å². The number of nitrogens with zero attached hydrogens (tertiary/aromatic N) is 1. The van der Waals surface area contributed by atoms with Crippen molar-refractivity contribution in [1.82, 2.24) is 5.32 Å². The summed E-state index contributed by atoms with van der Waals surface area (Å²) >= 11 is 0. The lowest BCUT2D eigenvalue weighted by Gasteiger charge is -2.02. The summed E-state index contributed by atoms with van der Waals surface area (Å²) in [6.45, 7) is 2.19. The van der Waals surface area contributed by atoms with Gasteiger partial charge in [0.2, 0.25) is 5.91 Å². The van der Waals surface area contributed by atoms with Crippen LogP contribution in [0.1, 0.15) is 18.9 Å². The first-order valence-corrected chi connectivity index (χ1v) is 6.39. The first-order chi connectivity index (χ1) is 10.0. The van der Waals surface area contributed by atoms with Crippen LogP contribution in [0.15, 0.2) is 30.3 Å². The third kappa shape index (κ3) is 6.33. The van der Waals surface area contributed by atoms with Gasteiger partial charge in [0.15, 0.2) is 0 Å². The smallest absolute Gasteiger partial charge is 0.307 e. The van der Waals surface area contributed by atoms with E-state index in [1.807, 2.05) is 0 Å². The molecule has 1 rings (SSSR count). The highest BCUT2D eigenvalue weighted by atomic mass is 16.6. The summed E-state index contributed by atoms with van der Waals surface area (Å²) in [4.78, 5) is 32.6. The van der Waals surface area contributed by atoms with Crippen molar-refractivity contribution in [2.75, 3.05) is 13.2 Å². The van der Waals surface area contributed by atoms with Gasteiger partial charge in [0, 0.05) is 24.8 Å². The van der Waals surface area contributed by atoms with E-state index in [0.29, 0.717) is 12.2 Å². The summed E-state index contributed by atoms with van der Waals surface area (Å²) in [6.07, 6.45) is 2.82. The summed E-state index contributed by atoms with van der Waals surface area (Å²) < 4.78 is 4.72. The largest absolute Gasteiger partial charge is 0.466 e. The number of amides is 1. The number of non-ortho nitro benzene ring substituents is 1. The SMILES string of the molecule is CCOC(=O)CCNC(=O)C=Cc1cccc([N+](=O)[O-])c1. The molecule has 0 spiro atoms. The van der Waals surface area contributed by atoms with Crippen LogP contribution < -0.4 is 5.32 Å². The summed E-state index contributed by atoms with van der Waals surface area (Å²) in [7, 11) is 0. The Labute approximate surface area is 121 Å². The van der Waals surface area contributed by atoms with Gasteiger partial charge in [-0.25, -0.2) is 0 Å². The number of carbonyl (C=O) groups excluding carboxylic acids is 2. The lowest BCUT2D eigenvalue weighted by atomic mass is 10.2. The van der Waals surface area contributed by atoms with Crippen LogP contribution in [0, 0.1) is 10.1 Å². The van der Waals surface area contributed by atoms with Gasteiger partial charge in [-0.05, 0) is 18.6 Å². The van der Waals surface area contributed by atoms with Crippen LogP contribution in [-0.2, 0) is 14.3 Å². The Morgan fingerprint density at radius 3 is 2.86 bits per heavy atom. The molecule has 0 radical (unpaired) electrons.